The van der Waals surface area contributed by atoms with Crippen molar-refractivity contribution in [3.63, 3.8) is 0 Å². The van der Waals surface area contributed by atoms with E-state index in [0.29, 0.717) is 5.92 Å². The summed E-state index contributed by atoms with van der Waals surface area (Å²) in [5.41, 5.74) is 0.998. The van der Waals surface area contributed by atoms with Crippen LogP contribution in [0.2, 0.25) is 0 Å². The monoisotopic (exact) mass is 362 g/mol. The molecule has 0 atom stereocenters. The summed E-state index contributed by atoms with van der Waals surface area (Å²) in [6, 6.07) is 4.50. The van der Waals surface area contributed by atoms with Gasteiger partial charge in [-0.15, -0.1) is 0 Å². The van der Waals surface area contributed by atoms with Gasteiger partial charge in [-0.1, -0.05) is 57.9 Å². The molecule has 0 unspecified atom stereocenters. The van der Waals surface area contributed by atoms with Crippen LogP contribution in [-0.4, -0.2) is 0 Å². The van der Waals surface area contributed by atoms with Gasteiger partial charge in [0.2, 0.25) is 0 Å². The van der Waals surface area contributed by atoms with Crippen molar-refractivity contribution in [2.45, 2.75) is 96.3 Å². The summed E-state index contributed by atoms with van der Waals surface area (Å²) >= 11 is 0. The van der Waals surface area contributed by atoms with E-state index in [1.165, 1.54) is 82.8 Å². The molecule has 1 aromatic rings. The molecular weight excluding hydrogens is 326 g/mol. The van der Waals surface area contributed by atoms with Crippen LogP contribution in [0.1, 0.15) is 102 Å². The lowest BCUT2D eigenvalue weighted by molar-refractivity contribution is 0.155. The van der Waals surface area contributed by atoms with Crippen LogP contribution in [0.4, 0.5) is 8.78 Å². The lowest BCUT2D eigenvalue weighted by Crippen LogP contribution is -2.25. The summed E-state index contributed by atoms with van der Waals surface area (Å²) in [6.45, 7) is 2.28. The summed E-state index contributed by atoms with van der Waals surface area (Å²) in [6.07, 6.45) is 17.6. The minimum absolute atomic E-state index is 0.427. The molecule has 0 heterocycles. The third-order valence-electron chi connectivity index (χ3n) is 7.21. The molecule has 0 nitrogen and oxygen atoms in total. The van der Waals surface area contributed by atoms with Crippen LogP contribution in [0.15, 0.2) is 18.2 Å². The summed E-state index contributed by atoms with van der Waals surface area (Å²) in [5.74, 6) is 1.79. The van der Waals surface area contributed by atoms with Gasteiger partial charge in [0, 0.05) is 0 Å². The molecule has 146 valence electrons. The van der Waals surface area contributed by atoms with Gasteiger partial charge in [-0.05, 0) is 79.9 Å². The van der Waals surface area contributed by atoms with E-state index in [1.807, 2.05) is 0 Å². The van der Waals surface area contributed by atoms with Gasteiger partial charge in [0.1, 0.15) is 0 Å². The normalized spacial score (nSPS) is 29.7. The van der Waals surface area contributed by atoms with Crippen LogP contribution in [0, 0.1) is 29.4 Å². The average molecular weight is 363 g/mol. The van der Waals surface area contributed by atoms with E-state index < -0.39 is 11.6 Å². The van der Waals surface area contributed by atoms with Crippen LogP contribution < -0.4 is 0 Å². The quantitative estimate of drug-likeness (QED) is 0.431. The fourth-order valence-corrected chi connectivity index (χ4v) is 5.50. The van der Waals surface area contributed by atoms with Gasteiger partial charge in [-0.25, -0.2) is 8.78 Å². The van der Waals surface area contributed by atoms with Gasteiger partial charge in [-0.3, -0.25) is 0 Å². The van der Waals surface area contributed by atoms with Crippen molar-refractivity contribution in [3.8, 4) is 0 Å². The van der Waals surface area contributed by atoms with Gasteiger partial charge in [-0.2, -0.15) is 0 Å². The Kier molecular flexibility index (Phi) is 7.52. The minimum Gasteiger partial charge on any atom is -0.204 e. The fourth-order valence-electron chi connectivity index (χ4n) is 5.50. The largest absolute Gasteiger partial charge is 0.204 e. The Bertz CT molecular complexity index is 537. The molecule has 2 saturated carbocycles. The second-order valence-electron chi connectivity index (χ2n) is 8.92. The van der Waals surface area contributed by atoms with Gasteiger partial charge >= 0.3 is 0 Å². The highest BCUT2D eigenvalue weighted by atomic mass is 19.2. The van der Waals surface area contributed by atoms with Crippen molar-refractivity contribution in [1.29, 1.82) is 0 Å². The third-order valence-corrected chi connectivity index (χ3v) is 7.21. The van der Waals surface area contributed by atoms with Crippen LogP contribution in [0.5, 0.6) is 0 Å². The summed E-state index contributed by atoms with van der Waals surface area (Å²) in [5, 5.41) is 0. The van der Waals surface area contributed by atoms with E-state index >= 15 is 0 Å². The molecule has 26 heavy (non-hydrogen) atoms. The second kappa shape index (κ2) is 9.85. The molecule has 3 rings (SSSR count). The van der Waals surface area contributed by atoms with E-state index in [2.05, 4.69) is 6.92 Å². The predicted molar refractivity (Wildman–Crippen MR) is 105 cm³/mol. The number of unbranched alkanes of at least 4 members (excludes halogenated alkanes) is 3. The third kappa shape index (κ3) is 5.30. The van der Waals surface area contributed by atoms with E-state index in [-0.39, 0.29) is 0 Å². The van der Waals surface area contributed by atoms with Gasteiger partial charge in [0.05, 0.1) is 0 Å². The summed E-state index contributed by atoms with van der Waals surface area (Å²) in [4.78, 5) is 0. The van der Waals surface area contributed by atoms with Gasteiger partial charge in [0.15, 0.2) is 11.6 Å². The Morgan fingerprint density at radius 3 is 2.04 bits per heavy atom. The van der Waals surface area contributed by atoms with Crippen LogP contribution >= 0.6 is 0 Å². The maximum atomic E-state index is 13.5. The first-order chi connectivity index (χ1) is 12.7. The van der Waals surface area contributed by atoms with E-state index in [4.69, 9.17) is 0 Å². The predicted octanol–water partition coefficient (Wildman–Crippen LogP) is 8.02. The first-order valence-corrected chi connectivity index (χ1v) is 11.1. The number of rotatable bonds is 7. The zero-order chi connectivity index (χ0) is 18.4. The Hall–Kier alpha value is -0.920. The Balaban J connectivity index is 1.39. The first-order valence-electron chi connectivity index (χ1n) is 11.1. The number of hydrogen-bond acceptors (Lipinski definition) is 0. The SMILES string of the molecule is CCCCCCC1CCC(C2CCC(c3ccc(F)c(F)c3)CC2)CC1. The molecule has 1 aromatic carbocycles. The Morgan fingerprint density at radius 1 is 0.769 bits per heavy atom. The zero-order valence-electron chi connectivity index (χ0n) is 16.5. The number of halogens is 2. The Labute approximate surface area is 158 Å². The average Bonchev–Trinajstić information content (AvgIpc) is 2.68. The van der Waals surface area contributed by atoms with Gasteiger partial charge < -0.3 is 0 Å². The van der Waals surface area contributed by atoms with Crippen molar-refractivity contribution >= 4 is 0 Å². The van der Waals surface area contributed by atoms with Crippen molar-refractivity contribution in [2.75, 3.05) is 0 Å². The fraction of sp³-hybridized carbons (Fsp3) is 0.750. The van der Waals surface area contributed by atoms with Crippen molar-refractivity contribution in [1.82, 2.24) is 0 Å². The zero-order valence-corrected chi connectivity index (χ0v) is 16.5. The van der Waals surface area contributed by atoms with E-state index in [9.17, 15) is 8.78 Å². The second-order valence-corrected chi connectivity index (χ2v) is 8.92. The lowest BCUT2D eigenvalue weighted by atomic mass is 9.68. The number of benzene rings is 1. The van der Waals surface area contributed by atoms with Crippen LogP contribution in [0.3, 0.4) is 0 Å². The number of hydrogen-bond donors (Lipinski definition) is 0. The molecule has 2 fully saturated rings. The molecule has 0 aliphatic heterocycles. The minimum atomic E-state index is -0.728. The molecule has 2 heteroatoms. The maximum Gasteiger partial charge on any atom is 0.159 e. The molecule has 0 spiro atoms. The maximum absolute atomic E-state index is 13.5. The van der Waals surface area contributed by atoms with Gasteiger partial charge in [0.25, 0.3) is 0 Å². The smallest absolute Gasteiger partial charge is 0.159 e. The van der Waals surface area contributed by atoms with Crippen molar-refractivity contribution < 1.29 is 8.78 Å². The highest BCUT2D eigenvalue weighted by Crippen LogP contribution is 2.44. The molecule has 0 saturated heterocycles. The highest BCUT2D eigenvalue weighted by Gasteiger charge is 2.31. The molecule has 2 aliphatic carbocycles. The Morgan fingerprint density at radius 2 is 1.42 bits per heavy atom. The molecular formula is C24H36F2. The van der Waals surface area contributed by atoms with Crippen molar-refractivity contribution in [3.05, 3.63) is 35.4 Å². The molecule has 0 amide bonds. The van der Waals surface area contributed by atoms with Crippen molar-refractivity contribution in [2.24, 2.45) is 17.8 Å². The standard InChI is InChI=1S/C24H36F2/c1-2-3-4-5-6-18-7-9-19(10-8-18)20-11-13-21(14-12-20)22-15-16-23(25)24(26)17-22/h15-21H,2-14H2,1H3. The highest BCUT2D eigenvalue weighted by molar-refractivity contribution is 5.22. The van der Waals surface area contributed by atoms with E-state index in [1.54, 1.807) is 6.07 Å². The van der Waals surface area contributed by atoms with E-state index in [0.717, 1.165) is 36.2 Å². The molecule has 2 aliphatic rings. The molecule has 0 N–H and O–H groups in total. The van der Waals surface area contributed by atoms with Crippen LogP contribution in [-0.2, 0) is 0 Å². The molecule has 0 aromatic heterocycles. The molecule has 0 radical (unpaired) electrons. The first kappa shape index (κ1) is 19.8. The topological polar surface area (TPSA) is 0 Å². The molecule has 0 bridgehead atoms. The van der Waals surface area contributed by atoms with Crippen LogP contribution in [0.25, 0.3) is 0 Å². The summed E-state index contributed by atoms with van der Waals surface area (Å²) in [7, 11) is 0. The summed E-state index contributed by atoms with van der Waals surface area (Å²) < 4.78 is 26.6. The lowest BCUT2D eigenvalue weighted by Gasteiger charge is -2.38.